The van der Waals surface area contributed by atoms with E-state index >= 15 is 0 Å². The highest BCUT2D eigenvalue weighted by Crippen LogP contribution is 2.30. The minimum Gasteiger partial charge on any atom is -0.255 e. The minimum absolute atomic E-state index is 0.582. The van der Waals surface area contributed by atoms with E-state index in [2.05, 4.69) is 15.2 Å². The summed E-state index contributed by atoms with van der Waals surface area (Å²) in [5.74, 6) is 0. The Labute approximate surface area is 161 Å². The monoisotopic (exact) mass is 403 g/mol. The lowest BCUT2D eigenvalue weighted by atomic mass is 10.0. The number of rotatable bonds is 5. The molecule has 0 bridgehead atoms. The van der Waals surface area contributed by atoms with Gasteiger partial charge >= 0.3 is 0 Å². The van der Waals surface area contributed by atoms with Crippen LogP contribution in [0.1, 0.15) is 0 Å². The first kappa shape index (κ1) is 18.9. The van der Waals surface area contributed by atoms with Crippen LogP contribution in [0.15, 0.2) is 63.5 Å². The van der Waals surface area contributed by atoms with Crippen LogP contribution in [0.4, 0.5) is 0 Å². The molecule has 0 saturated heterocycles. The fourth-order valence-electron chi connectivity index (χ4n) is 2.40. The maximum Gasteiger partial charge on any atom is 0.209 e. The molecule has 2 unspecified atom stereocenters. The van der Waals surface area contributed by atoms with Crippen LogP contribution >= 0.6 is 11.8 Å². The number of hydrogen-bond donors (Lipinski definition) is 0. The lowest BCUT2D eigenvalue weighted by molar-refractivity contribution is 0.686. The van der Waals surface area contributed by atoms with E-state index in [9.17, 15) is 8.42 Å². The van der Waals surface area contributed by atoms with Gasteiger partial charge in [0.1, 0.15) is 11.4 Å². The van der Waals surface area contributed by atoms with Crippen molar-refractivity contribution in [3.8, 4) is 22.5 Å². The van der Waals surface area contributed by atoms with Gasteiger partial charge in [0.15, 0.2) is 0 Å². The summed E-state index contributed by atoms with van der Waals surface area (Å²) in [6, 6.07) is 14.8. The first-order valence-corrected chi connectivity index (χ1v) is 12.0. The topological polar surface area (TPSA) is 72.8 Å². The third kappa shape index (κ3) is 4.08. The first-order valence-electron chi connectivity index (χ1n) is 7.66. The molecule has 2 atom stereocenters. The van der Waals surface area contributed by atoms with E-state index in [1.807, 2.05) is 54.8 Å². The second-order valence-corrected chi connectivity index (χ2v) is 8.99. The van der Waals surface area contributed by atoms with E-state index in [-0.39, 0.29) is 0 Å². The molecule has 0 radical (unpaired) electrons. The normalized spacial score (nSPS) is 13.3. The predicted octanol–water partition coefficient (Wildman–Crippen LogP) is 3.40. The fourth-order valence-corrected chi connectivity index (χ4v) is 3.75. The zero-order valence-electron chi connectivity index (χ0n) is 14.5. The van der Waals surface area contributed by atoms with E-state index in [0.717, 1.165) is 20.9 Å². The lowest BCUT2D eigenvalue weighted by Crippen LogP contribution is -1.99. The Morgan fingerprint density at radius 2 is 1.19 bits per heavy atom. The molecular weight excluding hydrogens is 386 g/mol. The molecule has 0 saturated carbocycles. The predicted molar refractivity (Wildman–Crippen MR) is 107 cm³/mol. The summed E-state index contributed by atoms with van der Waals surface area (Å²) in [5, 5.41) is 9.10. The molecule has 0 aliphatic heterocycles. The summed E-state index contributed by atoms with van der Waals surface area (Å²) < 4.78 is 23.2. The maximum atomic E-state index is 11.6. The van der Waals surface area contributed by atoms with Crippen LogP contribution in [0.5, 0.6) is 0 Å². The molecule has 0 aliphatic carbocycles. The molecule has 8 heteroatoms. The third-order valence-corrected chi connectivity index (χ3v) is 6.18. The largest absolute Gasteiger partial charge is 0.255 e. The van der Waals surface area contributed by atoms with Gasteiger partial charge in [-0.15, -0.1) is 10.2 Å². The number of benzene rings is 2. The van der Waals surface area contributed by atoms with E-state index in [4.69, 9.17) is 0 Å². The van der Waals surface area contributed by atoms with Crippen molar-refractivity contribution >= 4 is 33.4 Å². The summed E-state index contributed by atoms with van der Waals surface area (Å²) in [5.41, 5.74) is 3.09. The van der Waals surface area contributed by atoms with E-state index in [0.29, 0.717) is 16.5 Å². The van der Waals surface area contributed by atoms with Gasteiger partial charge in [-0.25, -0.2) is 4.98 Å². The maximum absolute atomic E-state index is 11.6. The molecule has 1 aromatic heterocycles. The van der Waals surface area contributed by atoms with Crippen molar-refractivity contribution in [3.63, 3.8) is 0 Å². The second-order valence-electron chi connectivity index (χ2n) is 5.45. The summed E-state index contributed by atoms with van der Waals surface area (Å²) in [6.07, 6.45) is 5.20. The lowest BCUT2D eigenvalue weighted by Gasteiger charge is -2.09. The standard InChI is InChI=1S/C18H17N3O2S3/c1-24-18-19-16(12-4-8-14(9-5-12)25(2)22)17(20-21-18)13-6-10-15(11-7-13)26(3)23/h4-11H,1-3H3. The Balaban J connectivity index is 2.11. The molecule has 0 fully saturated rings. The van der Waals surface area contributed by atoms with Crippen molar-refractivity contribution in [3.05, 3.63) is 48.5 Å². The highest BCUT2D eigenvalue weighted by molar-refractivity contribution is 7.98. The van der Waals surface area contributed by atoms with Crippen molar-refractivity contribution < 1.29 is 8.42 Å². The zero-order valence-corrected chi connectivity index (χ0v) is 17.0. The van der Waals surface area contributed by atoms with Crippen LogP contribution in [0.3, 0.4) is 0 Å². The Morgan fingerprint density at radius 3 is 1.62 bits per heavy atom. The quantitative estimate of drug-likeness (QED) is 0.608. The summed E-state index contributed by atoms with van der Waals surface area (Å²) in [7, 11) is -2.06. The second kappa shape index (κ2) is 8.20. The fraction of sp³-hybridized carbons (Fsp3) is 0.167. The minimum atomic E-state index is -1.03. The van der Waals surface area contributed by atoms with Crippen molar-refractivity contribution in [2.75, 3.05) is 18.8 Å². The van der Waals surface area contributed by atoms with Gasteiger partial charge in [-0.2, -0.15) is 0 Å². The molecule has 3 rings (SSSR count). The Hall–Kier alpha value is -1.90. The number of aromatic nitrogens is 3. The SMILES string of the molecule is CSc1nnc(-c2ccc(S(C)=O)cc2)c(-c2ccc(S(C)=O)cc2)n1. The molecule has 5 nitrogen and oxygen atoms in total. The van der Waals surface area contributed by atoms with Gasteiger partial charge in [-0.1, -0.05) is 36.0 Å². The van der Waals surface area contributed by atoms with Crippen molar-refractivity contribution in [2.45, 2.75) is 14.9 Å². The van der Waals surface area contributed by atoms with Gasteiger partial charge < -0.3 is 0 Å². The summed E-state index contributed by atoms with van der Waals surface area (Å²) >= 11 is 1.42. The van der Waals surface area contributed by atoms with Crippen molar-refractivity contribution in [2.24, 2.45) is 0 Å². The van der Waals surface area contributed by atoms with Gasteiger partial charge in [0.2, 0.25) is 5.16 Å². The van der Waals surface area contributed by atoms with E-state index in [1.165, 1.54) is 11.8 Å². The molecule has 26 heavy (non-hydrogen) atoms. The molecule has 2 aromatic carbocycles. The van der Waals surface area contributed by atoms with Crippen molar-refractivity contribution in [1.29, 1.82) is 0 Å². The smallest absolute Gasteiger partial charge is 0.209 e. The van der Waals surface area contributed by atoms with Gasteiger partial charge in [0.25, 0.3) is 0 Å². The number of hydrogen-bond acceptors (Lipinski definition) is 6. The van der Waals surface area contributed by atoms with Crippen LogP contribution in [0, 0.1) is 0 Å². The third-order valence-electron chi connectivity index (χ3n) is 3.77. The van der Waals surface area contributed by atoms with Gasteiger partial charge in [0.05, 0.1) is 0 Å². The number of thioether (sulfide) groups is 1. The molecule has 0 amide bonds. The van der Waals surface area contributed by atoms with Gasteiger partial charge in [0, 0.05) is 55.0 Å². The average Bonchev–Trinajstić information content (AvgIpc) is 2.67. The summed E-state index contributed by atoms with van der Waals surface area (Å²) in [4.78, 5) is 6.14. The summed E-state index contributed by atoms with van der Waals surface area (Å²) in [6.45, 7) is 0. The van der Waals surface area contributed by atoms with Crippen LogP contribution in [0.2, 0.25) is 0 Å². The molecular formula is C18H17N3O2S3. The van der Waals surface area contributed by atoms with Crippen LogP contribution in [0.25, 0.3) is 22.5 Å². The van der Waals surface area contributed by atoms with E-state index < -0.39 is 21.6 Å². The zero-order chi connectivity index (χ0) is 18.7. The van der Waals surface area contributed by atoms with Crippen molar-refractivity contribution in [1.82, 2.24) is 15.2 Å². The van der Waals surface area contributed by atoms with Gasteiger partial charge in [-0.3, -0.25) is 8.42 Å². The molecule has 0 aliphatic rings. The number of nitrogens with zero attached hydrogens (tertiary/aromatic N) is 3. The molecule has 1 heterocycles. The Bertz CT molecular complexity index is 974. The van der Waals surface area contributed by atoms with Crippen LogP contribution in [-0.2, 0) is 21.6 Å². The Kier molecular flexibility index (Phi) is 5.95. The highest BCUT2D eigenvalue weighted by Gasteiger charge is 2.14. The Morgan fingerprint density at radius 1 is 0.731 bits per heavy atom. The molecule has 134 valence electrons. The molecule has 3 aromatic rings. The highest BCUT2D eigenvalue weighted by atomic mass is 32.2. The van der Waals surface area contributed by atoms with Gasteiger partial charge in [-0.05, 0) is 30.5 Å². The van der Waals surface area contributed by atoms with Crippen LogP contribution < -0.4 is 0 Å². The van der Waals surface area contributed by atoms with Crippen LogP contribution in [-0.4, -0.2) is 42.4 Å². The molecule has 0 spiro atoms. The average molecular weight is 404 g/mol. The first-order chi connectivity index (χ1) is 12.5. The molecule has 0 N–H and O–H groups in total. The van der Waals surface area contributed by atoms with E-state index in [1.54, 1.807) is 12.5 Å².